The number of furan rings is 1. The maximum Gasteiger partial charge on any atom is 0.125 e. The SMILES string of the molecule is CNC(c1ccco1)c1ccc(F)cc1Cl. The predicted octanol–water partition coefficient (Wildman–Crippen LogP) is 3.38. The zero-order valence-corrected chi connectivity index (χ0v) is 9.46. The number of benzene rings is 1. The monoisotopic (exact) mass is 239 g/mol. The molecule has 0 aliphatic rings. The third-order valence-electron chi connectivity index (χ3n) is 2.39. The van der Waals surface area contributed by atoms with Crippen LogP contribution >= 0.6 is 11.6 Å². The third kappa shape index (κ3) is 2.10. The first-order chi connectivity index (χ1) is 7.72. The summed E-state index contributed by atoms with van der Waals surface area (Å²) in [7, 11) is 1.80. The molecule has 1 heterocycles. The van der Waals surface area contributed by atoms with Crippen molar-refractivity contribution in [2.75, 3.05) is 7.05 Å². The largest absolute Gasteiger partial charge is 0.467 e. The normalized spacial score (nSPS) is 12.7. The van der Waals surface area contributed by atoms with Gasteiger partial charge >= 0.3 is 0 Å². The summed E-state index contributed by atoms with van der Waals surface area (Å²) in [6, 6.07) is 7.82. The molecule has 0 fully saturated rings. The number of hydrogen-bond donors (Lipinski definition) is 1. The quantitative estimate of drug-likeness (QED) is 0.888. The van der Waals surface area contributed by atoms with E-state index < -0.39 is 0 Å². The molecule has 16 heavy (non-hydrogen) atoms. The van der Waals surface area contributed by atoms with Crippen LogP contribution in [0.4, 0.5) is 4.39 Å². The number of nitrogens with one attached hydrogen (secondary N) is 1. The first-order valence-electron chi connectivity index (χ1n) is 4.88. The Kier molecular flexibility index (Phi) is 3.27. The minimum absolute atomic E-state index is 0.164. The Hall–Kier alpha value is -1.32. The third-order valence-corrected chi connectivity index (χ3v) is 2.72. The zero-order valence-electron chi connectivity index (χ0n) is 8.71. The fourth-order valence-corrected chi connectivity index (χ4v) is 1.92. The lowest BCUT2D eigenvalue weighted by atomic mass is 10.0. The first-order valence-corrected chi connectivity index (χ1v) is 5.26. The molecule has 4 heteroatoms. The average Bonchev–Trinajstić information content (AvgIpc) is 2.75. The van der Waals surface area contributed by atoms with Crippen LogP contribution in [0.2, 0.25) is 5.02 Å². The molecule has 0 radical (unpaired) electrons. The van der Waals surface area contributed by atoms with Gasteiger partial charge in [-0.25, -0.2) is 4.39 Å². The number of rotatable bonds is 3. The first kappa shape index (κ1) is 11.2. The van der Waals surface area contributed by atoms with E-state index in [0.29, 0.717) is 5.02 Å². The van der Waals surface area contributed by atoms with E-state index in [1.54, 1.807) is 25.4 Å². The molecular formula is C12H11ClFNO. The van der Waals surface area contributed by atoms with Gasteiger partial charge in [0.15, 0.2) is 0 Å². The Morgan fingerprint density at radius 3 is 2.75 bits per heavy atom. The molecule has 1 aromatic heterocycles. The maximum absolute atomic E-state index is 12.9. The van der Waals surface area contributed by atoms with E-state index in [1.165, 1.54) is 12.1 Å². The van der Waals surface area contributed by atoms with E-state index in [9.17, 15) is 4.39 Å². The lowest BCUT2D eigenvalue weighted by Crippen LogP contribution is -2.17. The molecule has 0 spiro atoms. The van der Waals surface area contributed by atoms with E-state index in [4.69, 9.17) is 16.0 Å². The topological polar surface area (TPSA) is 25.2 Å². The van der Waals surface area contributed by atoms with Gasteiger partial charge in [0.1, 0.15) is 11.6 Å². The van der Waals surface area contributed by atoms with Gasteiger partial charge in [0.05, 0.1) is 12.3 Å². The van der Waals surface area contributed by atoms with Crippen LogP contribution in [-0.2, 0) is 0 Å². The highest BCUT2D eigenvalue weighted by molar-refractivity contribution is 6.31. The van der Waals surface area contributed by atoms with E-state index in [-0.39, 0.29) is 11.9 Å². The summed E-state index contributed by atoms with van der Waals surface area (Å²) >= 11 is 6.00. The molecule has 0 saturated heterocycles. The van der Waals surface area contributed by atoms with Crippen LogP contribution in [0.1, 0.15) is 17.4 Å². The fourth-order valence-electron chi connectivity index (χ4n) is 1.64. The molecule has 1 aromatic carbocycles. The molecule has 1 atom stereocenters. The van der Waals surface area contributed by atoms with E-state index in [1.807, 2.05) is 6.07 Å². The van der Waals surface area contributed by atoms with Crippen LogP contribution in [-0.4, -0.2) is 7.05 Å². The van der Waals surface area contributed by atoms with Crippen molar-refractivity contribution in [1.29, 1.82) is 0 Å². The van der Waals surface area contributed by atoms with Crippen LogP contribution < -0.4 is 5.32 Å². The zero-order chi connectivity index (χ0) is 11.5. The van der Waals surface area contributed by atoms with E-state index >= 15 is 0 Å². The number of hydrogen-bond acceptors (Lipinski definition) is 2. The van der Waals surface area contributed by atoms with Crippen molar-refractivity contribution in [2.24, 2.45) is 0 Å². The van der Waals surface area contributed by atoms with Gasteiger partial charge in [-0.1, -0.05) is 17.7 Å². The van der Waals surface area contributed by atoms with E-state index in [0.717, 1.165) is 11.3 Å². The molecule has 2 rings (SSSR count). The molecule has 2 aromatic rings. The van der Waals surface area contributed by atoms with Crippen molar-refractivity contribution in [1.82, 2.24) is 5.32 Å². The number of halogens is 2. The molecule has 0 aliphatic heterocycles. The van der Waals surface area contributed by atoms with Gasteiger partial charge in [-0.3, -0.25) is 0 Å². The highest BCUT2D eigenvalue weighted by Crippen LogP contribution is 2.28. The Morgan fingerprint density at radius 1 is 1.38 bits per heavy atom. The van der Waals surface area contributed by atoms with E-state index in [2.05, 4.69) is 5.32 Å². The molecular weight excluding hydrogens is 229 g/mol. The lowest BCUT2D eigenvalue weighted by Gasteiger charge is -2.15. The average molecular weight is 240 g/mol. The standard InChI is InChI=1S/C12H11ClFNO/c1-15-12(11-3-2-6-16-11)9-5-4-8(14)7-10(9)13/h2-7,12,15H,1H3. The van der Waals surface area contributed by atoms with Crippen LogP contribution in [0.5, 0.6) is 0 Å². The Bertz CT molecular complexity index is 470. The van der Waals surface area contributed by atoms with Crippen LogP contribution in [0.15, 0.2) is 41.0 Å². The minimum atomic E-state index is -0.344. The van der Waals surface area contributed by atoms with Gasteiger partial charge in [0, 0.05) is 5.02 Å². The Balaban J connectivity index is 2.41. The molecule has 0 saturated carbocycles. The summed E-state index contributed by atoms with van der Waals surface area (Å²) in [5.74, 6) is 0.402. The van der Waals surface area contributed by atoms with Gasteiger partial charge in [-0.15, -0.1) is 0 Å². The second-order valence-corrected chi connectivity index (χ2v) is 3.81. The molecule has 0 amide bonds. The van der Waals surface area contributed by atoms with Crippen molar-refractivity contribution in [2.45, 2.75) is 6.04 Å². The van der Waals surface area contributed by atoms with Gasteiger partial charge in [0.25, 0.3) is 0 Å². The Labute approximate surface area is 98.0 Å². The fraction of sp³-hybridized carbons (Fsp3) is 0.167. The molecule has 0 bridgehead atoms. The molecule has 1 unspecified atom stereocenters. The summed E-state index contributed by atoms with van der Waals surface area (Å²) < 4.78 is 18.2. The van der Waals surface area contributed by atoms with Crippen LogP contribution in [0.25, 0.3) is 0 Å². The van der Waals surface area contributed by atoms with Crippen molar-refractivity contribution in [3.05, 3.63) is 58.8 Å². The molecule has 1 N–H and O–H groups in total. The molecule has 0 aliphatic carbocycles. The van der Waals surface area contributed by atoms with Gasteiger partial charge in [0.2, 0.25) is 0 Å². The van der Waals surface area contributed by atoms with Crippen molar-refractivity contribution >= 4 is 11.6 Å². The highest BCUT2D eigenvalue weighted by Gasteiger charge is 2.17. The van der Waals surface area contributed by atoms with Crippen molar-refractivity contribution in [3.63, 3.8) is 0 Å². The van der Waals surface area contributed by atoms with Crippen molar-refractivity contribution in [3.8, 4) is 0 Å². The maximum atomic E-state index is 12.9. The molecule has 84 valence electrons. The summed E-state index contributed by atoms with van der Waals surface area (Å²) in [6.07, 6.45) is 1.59. The summed E-state index contributed by atoms with van der Waals surface area (Å²) in [5.41, 5.74) is 0.792. The van der Waals surface area contributed by atoms with Crippen LogP contribution in [0, 0.1) is 5.82 Å². The van der Waals surface area contributed by atoms with Crippen LogP contribution in [0.3, 0.4) is 0 Å². The summed E-state index contributed by atoms with van der Waals surface area (Å²) in [6.45, 7) is 0. The second-order valence-electron chi connectivity index (χ2n) is 3.40. The predicted molar refractivity (Wildman–Crippen MR) is 61.0 cm³/mol. The smallest absolute Gasteiger partial charge is 0.125 e. The van der Waals surface area contributed by atoms with Crippen molar-refractivity contribution < 1.29 is 8.81 Å². The second kappa shape index (κ2) is 4.68. The Morgan fingerprint density at radius 2 is 2.19 bits per heavy atom. The van der Waals surface area contributed by atoms with Gasteiger partial charge in [-0.05, 0) is 36.9 Å². The molecule has 2 nitrogen and oxygen atoms in total. The summed E-state index contributed by atoms with van der Waals surface area (Å²) in [4.78, 5) is 0. The van der Waals surface area contributed by atoms with Gasteiger partial charge in [-0.2, -0.15) is 0 Å². The lowest BCUT2D eigenvalue weighted by molar-refractivity contribution is 0.463. The summed E-state index contributed by atoms with van der Waals surface area (Å²) in [5, 5.41) is 3.47. The highest BCUT2D eigenvalue weighted by atomic mass is 35.5. The minimum Gasteiger partial charge on any atom is -0.467 e. The van der Waals surface area contributed by atoms with Gasteiger partial charge < -0.3 is 9.73 Å².